The molecule has 9 heteroatoms. The first-order valence-electron chi connectivity index (χ1n) is 11.2. The van der Waals surface area contributed by atoms with Crippen molar-refractivity contribution in [3.63, 3.8) is 0 Å². The zero-order valence-electron chi connectivity index (χ0n) is 19.6. The van der Waals surface area contributed by atoms with E-state index in [-0.39, 0.29) is 23.7 Å². The maximum Gasteiger partial charge on any atom is 0.253 e. The molecule has 178 valence electrons. The number of hydrogen-bond donors (Lipinski definition) is 1. The Hall–Kier alpha value is -3.46. The Morgan fingerprint density at radius 2 is 1.97 bits per heavy atom. The molecule has 0 spiro atoms. The summed E-state index contributed by atoms with van der Waals surface area (Å²) in [6, 6.07) is 14.9. The number of likely N-dealkylation sites (N-methyl/N-ethyl adjacent to an activating group) is 2. The maximum atomic E-state index is 13.0. The Balaban J connectivity index is 1.30. The summed E-state index contributed by atoms with van der Waals surface area (Å²) in [4.78, 5) is 33.4. The summed E-state index contributed by atoms with van der Waals surface area (Å²) in [7, 11) is 3.67. The van der Waals surface area contributed by atoms with Gasteiger partial charge in [0.2, 0.25) is 5.91 Å². The lowest BCUT2D eigenvalue weighted by Gasteiger charge is -2.37. The van der Waals surface area contributed by atoms with E-state index in [1.165, 1.54) is 11.8 Å². The number of nitrogens with zero attached hydrogens (tertiary/aromatic N) is 4. The molecule has 1 aliphatic rings. The Morgan fingerprint density at radius 3 is 2.68 bits per heavy atom. The molecule has 4 rings (SSSR count). The molecule has 2 amide bonds. The first kappa shape index (κ1) is 23.7. The molecule has 0 unspecified atom stereocenters. The summed E-state index contributed by atoms with van der Waals surface area (Å²) in [6.07, 6.45) is 3.43. The molecule has 1 aliphatic heterocycles. The van der Waals surface area contributed by atoms with E-state index < -0.39 is 0 Å². The number of amides is 2. The normalized spacial score (nSPS) is 14.8. The number of rotatable bonds is 8. The van der Waals surface area contributed by atoms with Crippen molar-refractivity contribution < 1.29 is 14.3 Å². The van der Waals surface area contributed by atoms with Crippen LogP contribution in [0.15, 0.2) is 66.1 Å². The van der Waals surface area contributed by atoms with Gasteiger partial charge in [0.25, 0.3) is 5.91 Å². The van der Waals surface area contributed by atoms with Crippen molar-refractivity contribution in [2.24, 2.45) is 7.05 Å². The van der Waals surface area contributed by atoms with Crippen LogP contribution in [0.5, 0.6) is 5.75 Å². The minimum Gasteiger partial charge on any atom is -0.485 e. The predicted molar refractivity (Wildman–Crippen MR) is 135 cm³/mol. The van der Waals surface area contributed by atoms with E-state index in [0.717, 1.165) is 29.7 Å². The van der Waals surface area contributed by atoms with Gasteiger partial charge in [0.1, 0.15) is 11.9 Å². The van der Waals surface area contributed by atoms with E-state index in [2.05, 4.69) is 28.2 Å². The summed E-state index contributed by atoms with van der Waals surface area (Å²) in [5.41, 5.74) is 2.30. The fourth-order valence-corrected chi connectivity index (χ4v) is 4.63. The van der Waals surface area contributed by atoms with Crippen LogP contribution in [-0.4, -0.2) is 64.8 Å². The van der Waals surface area contributed by atoms with E-state index in [4.69, 9.17) is 4.74 Å². The molecule has 0 bridgehead atoms. The van der Waals surface area contributed by atoms with Gasteiger partial charge in [-0.05, 0) is 43.3 Å². The standard InChI is InChI=1S/C25H29N5O3S/c1-4-30-16-20(33-22-8-6-5-7-21(22)30)15-29(3)24(32)18-9-11-19(12-10-18)27-23(31)17-34-25-26-13-14-28(25)2/h5-14,20H,4,15-17H2,1-3H3,(H,27,31)/t20-/m0/s1. The number of thioether (sulfide) groups is 1. The number of fused-ring (bicyclic) bond motifs is 1. The van der Waals surface area contributed by atoms with Gasteiger partial charge in [0.05, 0.1) is 24.5 Å². The van der Waals surface area contributed by atoms with Crippen molar-refractivity contribution in [1.82, 2.24) is 14.5 Å². The smallest absolute Gasteiger partial charge is 0.253 e. The topological polar surface area (TPSA) is 79.7 Å². The third-order valence-electron chi connectivity index (χ3n) is 5.65. The molecule has 1 aromatic heterocycles. The number of aromatic nitrogens is 2. The number of carbonyl (C=O) groups excluding carboxylic acids is 2. The van der Waals surface area contributed by atoms with Gasteiger partial charge in [-0.25, -0.2) is 4.98 Å². The van der Waals surface area contributed by atoms with Crippen LogP contribution in [0.2, 0.25) is 0 Å². The van der Waals surface area contributed by atoms with Crippen molar-refractivity contribution in [3.05, 3.63) is 66.5 Å². The highest BCUT2D eigenvalue weighted by atomic mass is 32.2. The lowest BCUT2D eigenvalue weighted by atomic mass is 10.1. The van der Waals surface area contributed by atoms with Crippen LogP contribution < -0.4 is 15.0 Å². The Morgan fingerprint density at radius 1 is 1.21 bits per heavy atom. The second-order valence-corrected chi connectivity index (χ2v) is 9.11. The summed E-state index contributed by atoms with van der Waals surface area (Å²) in [5.74, 6) is 0.892. The molecule has 1 atom stereocenters. The van der Waals surface area contributed by atoms with E-state index >= 15 is 0 Å². The zero-order valence-corrected chi connectivity index (χ0v) is 20.4. The van der Waals surface area contributed by atoms with E-state index in [9.17, 15) is 9.59 Å². The van der Waals surface area contributed by atoms with Gasteiger partial charge in [0.15, 0.2) is 5.16 Å². The van der Waals surface area contributed by atoms with Crippen molar-refractivity contribution >= 4 is 35.0 Å². The van der Waals surface area contributed by atoms with E-state index in [1.807, 2.05) is 36.0 Å². The molecule has 0 aliphatic carbocycles. The van der Waals surface area contributed by atoms with Gasteiger partial charge in [-0.1, -0.05) is 23.9 Å². The molecule has 0 saturated heterocycles. The fourth-order valence-electron chi connectivity index (χ4n) is 3.90. The predicted octanol–water partition coefficient (Wildman–Crippen LogP) is 3.51. The third-order valence-corrected chi connectivity index (χ3v) is 6.71. The molecular formula is C25H29N5O3S. The molecule has 8 nitrogen and oxygen atoms in total. The highest BCUT2D eigenvalue weighted by molar-refractivity contribution is 7.99. The van der Waals surface area contributed by atoms with Crippen molar-refractivity contribution in [2.45, 2.75) is 18.2 Å². The molecule has 2 heterocycles. The van der Waals surface area contributed by atoms with Crippen LogP contribution in [0.1, 0.15) is 17.3 Å². The highest BCUT2D eigenvalue weighted by Gasteiger charge is 2.27. The van der Waals surface area contributed by atoms with Crippen LogP contribution in [0.4, 0.5) is 11.4 Å². The quantitative estimate of drug-likeness (QED) is 0.498. The van der Waals surface area contributed by atoms with E-state index in [0.29, 0.717) is 17.8 Å². The second kappa shape index (κ2) is 10.6. The van der Waals surface area contributed by atoms with Gasteiger partial charge >= 0.3 is 0 Å². The Kier molecular flexibility index (Phi) is 7.42. The minimum atomic E-state index is -0.126. The maximum absolute atomic E-state index is 13.0. The second-order valence-electron chi connectivity index (χ2n) is 8.17. The number of aryl methyl sites for hydroxylation is 1. The summed E-state index contributed by atoms with van der Waals surface area (Å²) < 4.78 is 8.02. The molecule has 34 heavy (non-hydrogen) atoms. The Labute approximate surface area is 203 Å². The summed E-state index contributed by atoms with van der Waals surface area (Å²) >= 11 is 1.37. The van der Waals surface area contributed by atoms with Crippen molar-refractivity contribution in [2.75, 3.05) is 42.7 Å². The number of hydrogen-bond acceptors (Lipinski definition) is 6. The van der Waals surface area contributed by atoms with Gasteiger partial charge in [-0.15, -0.1) is 0 Å². The summed E-state index contributed by atoms with van der Waals surface area (Å²) in [6.45, 7) is 4.20. The number of imidazole rings is 1. The average molecular weight is 480 g/mol. The number of para-hydroxylation sites is 2. The average Bonchev–Trinajstić information content (AvgIpc) is 3.26. The number of anilines is 2. The summed E-state index contributed by atoms with van der Waals surface area (Å²) in [5, 5.41) is 3.64. The SMILES string of the molecule is CCN1C[C@H](CN(C)C(=O)c2ccc(NC(=O)CSc3nccn3C)cc2)Oc2ccccc21. The van der Waals surface area contributed by atoms with E-state index in [1.54, 1.807) is 42.4 Å². The van der Waals surface area contributed by atoms with Crippen molar-refractivity contribution in [1.29, 1.82) is 0 Å². The molecular weight excluding hydrogens is 450 g/mol. The molecule has 0 saturated carbocycles. The number of carbonyl (C=O) groups is 2. The largest absolute Gasteiger partial charge is 0.485 e. The Bertz CT molecular complexity index is 1150. The van der Waals surface area contributed by atoms with Crippen LogP contribution >= 0.6 is 11.8 Å². The first-order valence-corrected chi connectivity index (χ1v) is 12.2. The zero-order chi connectivity index (χ0) is 24.1. The number of ether oxygens (including phenoxy) is 1. The van der Waals surface area contributed by atoms with Gasteiger partial charge < -0.3 is 24.4 Å². The molecule has 3 aromatic rings. The molecule has 0 fully saturated rings. The van der Waals surface area contributed by atoms with Gasteiger partial charge in [0, 0.05) is 44.3 Å². The fraction of sp³-hybridized carbons (Fsp3) is 0.320. The van der Waals surface area contributed by atoms with Crippen LogP contribution in [0.25, 0.3) is 0 Å². The third kappa shape index (κ3) is 5.53. The lowest BCUT2D eigenvalue weighted by Crippen LogP contribution is -2.46. The van der Waals surface area contributed by atoms with Crippen LogP contribution in [0.3, 0.4) is 0 Å². The molecule has 1 N–H and O–H groups in total. The minimum absolute atomic E-state index is 0.0891. The molecule has 0 radical (unpaired) electrons. The highest BCUT2D eigenvalue weighted by Crippen LogP contribution is 2.33. The van der Waals surface area contributed by atoms with Crippen LogP contribution in [0, 0.1) is 0 Å². The molecule has 2 aromatic carbocycles. The van der Waals surface area contributed by atoms with Crippen LogP contribution in [-0.2, 0) is 11.8 Å². The van der Waals surface area contributed by atoms with Gasteiger partial charge in [-0.3, -0.25) is 9.59 Å². The monoisotopic (exact) mass is 479 g/mol. The van der Waals surface area contributed by atoms with Gasteiger partial charge in [-0.2, -0.15) is 0 Å². The number of nitrogens with one attached hydrogen (secondary N) is 1. The lowest BCUT2D eigenvalue weighted by molar-refractivity contribution is -0.113. The first-order chi connectivity index (χ1) is 16.4. The number of benzene rings is 2. The van der Waals surface area contributed by atoms with Crippen molar-refractivity contribution in [3.8, 4) is 5.75 Å².